The lowest BCUT2D eigenvalue weighted by Crippen LogP contribution is -2.12. The van der Waals surface area contributed by atoms with Gasteiger partial charge in [-0.1, -0.05) is 30.3 Å². The molecule has 1 N–H and O–H groups in total. The molecule has 1 unspecified atom stereocenters. The molecule has 0 fully saturated rings. The molecule has 0 spiro atoms. The summed E-state index contributed by atoms with van der Waals surface area (Å²) < 4.78 is 10.8. The summed E-state index contributed by atoms with van der Waals surface area (Å²) in [5.41, 5.74) is 2.93. The van der Waals surface area contributed by atoms with Crippen LogP contribution in [0.5, 0.6) is 11.8 Å². The number of hydrogen-bond acceptors (Lipinski definition) is 8. The number of nitriles is 1. The Balaban J connectivity index is 1.49. The summed E-state index contributed by atoms with van der Waals surface area (Å²) in [6.07, 6.45) is 3.39. The van der Waals surface area contributed by atoms with Gasteiger partial charge in [0.2, 0.25) is 0 Å². The second kappa shape index (κ2) is 11.4. The van der Waals surface area contributed by atoms with Crippen molar-refractivity contribution in [1.29, 1.82) is 5.26 Å². The Bertz CT molecular complexity index is 1320. The molecule has 35 heavy (non-hydrogen) atoms. The summed E-state index contributed by atoms with van der Waals surface area (Å²) in [4.78, 5) is 25.1. The highest BCUT2D eigenvalue weighted by Crippen LogP contribution is 2.29. The third kappa shape index (κ3) is 6.39. The first-order chi connectivity index (χ1) is 17.1. The van der Waals surface area contributed by atoms with Crippen molar-refractivity contribution in [3.8, 4) is 17.8 Å². The Morgan fingerprint density at radius 3 is 2.63 bits per heavy atom. The zero-order chi connectivity index (χ0) is 24.5. The summed E-state index contributed by atoms with van der Waals surface area (Å²) in [7, 11) is 1.34. The summed E-state index contributed by atoms with van der Waals surface area (Å²) in [6, 6.07) is 24.4. The van der Waals surface area contributed by atoms with Crippen molar-refractivity contribution >= 4 is 11.8 Å². The van der Waals surface area contributed by atoms with E-state index < -0.39 is 5.92 Å². The van der Waals surface area contributed by atoms with Crippen LogP contribution in [-0.4, -0.2) is 28.0 Å². The number of nitrogens with one attached hydrogen (secondary N) is 1. The number of rotatable bonds is 9. The number of aromatic nitrogens is 3. The maximum Gasteiger partial charge on any atom is 0.322 e. The van der Waals surface area contributed by atoms with Gasteiger partial charge in [0.25, 0.3) is 0 Å². The quantitative estimate of drug-likeness (QED) is 0.350. The number of carbonyl (C=O) groups excluding carboxylic acids is 1. The van der Waals surface area contributed by atoms with Gasteiger partial charge in [-0.2, -0.15) is 10.2 Å². The fraction of sp³-hybridized carbons (Fsp3) is 0.148. The highest BCUT2D eigenvalue weighted by molar-refractivity contribution is 5.71. The number of anilines is 1. The Labute approximate surface area is 203 Å². The maximum atomic E-state index is 12.1. The van der Waals surface area contributed by atoms with Crippen molar-refractivity contribution in [3.63, 3.8) is 0 Å². The first kappa shape index (κ1) is 23.4. The Morgan fingerprint density at radius 1 is 1.03 bits per heavy atom. The third-order valence-electron chi connectivity index (χ3n) is 5.30. The number of benzene rings is 2. The Hall–Kier alpha value is -4.77. The lowest BCUT2D eigenvalue weighted by atomic mass is 9.91. The molecule has 2 aromatic carbocycles. The molecule has 0 saturated heterocycles. The predicted octanol–water partition coefficient (Wildman–Crippen LogP) is 4.84. The van der Waals surface area contributed by atoms with Gasteiger partial charge in [0.15, 0.2) is 0 Å². The Morgan fingerprint density at radius 2 is 1.89 bits per heavy atom. The third-order valence-corrected chi connectivity index (χ3v) is 5.30. The SMILES string of the molecule is COC(=O)CC(c1cccc(C#N)c1)c1ccnc(Oc2ccc(CNc3ccccn3)cc2)n1. The van der Waals surface area contributed by atoms with Crippen molar-refractivity contribution in [3.05, 3.63) is 108 Å². The smallest absolute Gasteiger partial charge is 0.322 e. The number of carbonyl (C=O) groups is 1. The number of esters is 1. The lowest BCUT2D eigenvalue weighted by molar-refractivity contribution is -0.140. The van der Waals surface area contributed by atoms with Gasteiger partial charge in [0.05, 0.1) is 30.9 Å². The van der Waals surface area contributed by atoms with E-state index in [1.165, 1.54) is 7.11 Å². The molecule has 174 valence electrons. The van der Waals surface area contributed by atoms with Gasteiger partial charge >= 0.3 is 12.0 Å². The number of pyridine rings is 1. The van der Waals surface area contributed by atoms with E-state index in [9.17, 15) is 10.1 Å². The van der Waals surface area contributed by atoms with Crippen molar-refractivity contribution in [2.24, 2.45) is 0 Å². The molecular formula is C27H23N5O3. The van der Waals surface area contributed by atoms with E-state index in [1.54, 1.807) is 36.7 Å². The van der Waals surface area contributed by atoms with Gasteiger partial charge in [0, 0.05) is 24.9 Å². The summed E-state index contributed by atoms with van der Waals surface area (Å²) in [5.74, 6) is 0.592. The van der Waals surface area contributed by atoms with Crippen LogP contribution in [0.15, 0.2) is 85.2 Å². The molecule has 0 aliphatic carbocycles. The lowest BCUT2D eigenvalue weighted by Gasteiger charge is -2.16. The molecule has 4 aromatic rings. The molecule has 0 bridgehead atoms. The molecular weight excluding hydrogens is 442 g/mol. The van der Waals surface area contributed by atoms with Crippen LogP contribution in [-0.2, 0) is 16.1 Å². The first-order valence-corrected chi connectivity index (χ1v) is 11.0. The summed E-state index contributed by atoms with van der Waals surface area (Å²) in [5, 5.41) is 12.5. The molecule has 2 heterocycles. The van der Waals surface area contributed by atoms with E-state index >= 15 is 0 Å². The normalized spacial score (nSPS) is 11.2. The summed E-state index contributed by atoms with van der Waals surface area (Å²) >= 11 is 0. The van der Waals surface area contributed by atoms with Gasteiger partial charge < -0.3 is 14.8 Å². The van der Waals surface area contributed by atoms with Gasteiger partial charge in [-0.25, -0.2) is 9.97 Å². The largest absolute Gasteiger partial charge is 0.469 e. The Kier molecular flexibility index (Phi) is 7.61. The fourth-order valence-electron chi connectivity index (χ4n) is 3.51. The van der Waals surface area contributed by atoms with Crippen LogP contribution < -0.4 is 10.1 Å². The number of ether oxygens (including phenoxy) is 2. The highest BCUT2D eigenvalue weighted by atomic mass is 16.5. The highest BCUT2D eigenvalue weighted by Gasteiger charge is 2.21. The van der Waals surface area contributed by atoms with Crippen molar-refractivity contribution in [1.82, 2.24) is 15.0 Å². The maximum absolute atomic E-state index is 12.1. The van der Waals surface area contributed by atoms with E-state index in [0.29, 0.717) is 23.6 Å². The van der Waals surface area contributed by atoms with Gasteiger partial charge in [-0.3, -0.25) is 4.79 Å². The van der Waals surface area contributed by atoms with E-state index in [2.05, 4.69) is 26.3 Å². The molecule has 0 radical (unpaired) electrons. The van der Waals surface area contributed by atoms with Crippen molar-refractivity contribution in [2.45, 2.75) is 18.9 Å². The minimum absolute atomic E-state index is 0.0692. The molecule has 1 atom stereocenters. The zero-order valence-electron chi connectivity index (χ0n) is 19.1. The zero-order valence-corrected chi connectivity index (χ0v) is 19.1. The molecule has 0 aliphatic rings. The van der Waals surface area contributed by atoms with E-state index in [1.807, 2.05) is 48.5 Å². The topological polar surface area (TPSA) is 110 Å². The molecule has 0 saturated carbocycles. The van der Waals surface area contributed by atoms with E-state index in [4.69, 9.17) is 9.47 Å². The molecule has 0 amide bonds. The van der Waals surface area contributed by atoms with Crippen LogP contribution >= 0.6 is 0 Å². The molecule has 8 heteroatoms. The minimum Gasteiger partial charge on any atom is -0.469 e. The molecule has 2 aromatic heterocycles. The van der Waals surface area contributed by atoms with Gasteiger partial charge in [-0.15, -0.1) is 0 Å². The fourth-order valence-corrected chi connectivity index (χ4v) is 3.51. The van der Waals surface area contributed by atoms with Crippen LogP contribution in [0.3, 0.4) is 0 Å². The minimum atomic E-state index is -0.416. The van der Waals surface area contributed by atoms with E-state index in [-0.39, 0.29) is 18.4 Å². The predicted molar refractivity (Wildman–Crippen MR) is 130 cm³/mol. The van der Waals surface area contributed by atoms with Crippen molar-refractivity contribution in [2.75, 3.05) is 12.4 Å². The van der Waals surface area contributed by atoms with Crippen LogP contribution in [0.2, 0.25) is 0 Å². The molecule has 8 nitrogen and oxygen atoms in total. The average Bonchev–Trinajstić information content (AvgIpc) is 2.92. The second-order valence-corrected chi connectivity index (χ2v) is 7.65. The monoisotopic (exact) mass is 465 g/mol. The van der Waals surface area contributed by atoms with E-state index in [0.717, 1.165) is 16.9 Å². The summed E-state index contributed by atoms with van der Waals surface area (Å²) in [6.45, 7) is 0.625. The van der Waals surface area contributed by atoms with Crippen molar-refractivity contribution < 1.29 is 14.3 Å². The first-order valence-electron chi connectivity index (χ1n) is 11.0. The van der Waals surface area contributed by atoms with Crippen LogP contribution in [0, 0.1) is 11.3 Å². The standard InChI is InChI=1S/C27H23N5O3/c1-34-26(33)16-23(21-6-4-5-20(15-21)17-28)24-12-14-30-27(32-24)35-22-10-8-19(9-11-22)18-31-25-7-2-3-13-29-25/h2-15,23H,16,18H2,1H3,(H,29,31). The number of methoxy groups -OCH3 is 1. The molecule has 4 rings (SSSR count). The average molecular weight is 466 g/mol. The number of hydrogen-bond donors (Lipinski definition) is 1. The van der Waals surface area contributed by atoms with Gasteiger partial charge in [-0.05, 0) is 53.6 Å². The van der Waals surface area contributed by atoms with Crippen LogP contribution in [0.4, 0.5) is 5.82 Å². The second-order valence-electron chi connectivity index (χ2n) is 7.65. The number of nitrogens with zero attached hydrogens (tertiary/aromatic N) is 4. The van der Waals surface area contributed by atoms with Gasteiger partial charge in [0.1, 0.15) is 11.6 Å². The van der Waals surface area contributed by atoms with Crippen LogP contribution in [0.1, 0.15) is 34.7 Å². The molecule has 0 aliphatic heterocycles. The van der Waals surface area contributed by atoms with Crippen LogP contribution in [0.25, 0.3) is 0 Å².